The number of hydrogen-bond donors (Lipinski definition) is 0. The molecule has 0 aliphatic heterocycles. The largest absolute Gasteiger partial charge is 0.311 e. The van der Waals surface area contributed by atoms with Gasteiger partial charge >= 0.3 is 0 Å². The highest BCUT2D eigenvalue weighted by Gasteiger charge is 2.16. The van der Waals surface area contributed by atoms with Gasteiger partial charge in [-0.3, -0.25) is 0 Å². The van der Waals surface area contributed by atoms with Crippen molar-refractivity contribution in [2.45, 2.75) is 0 Å². The summed E-state index contributed by atoms with van der Waals surface area (Å²) in [5, 5.41) is 0. The van der Waals surface area contributed by atoms with Crippen molar-refractivity contribution >= 4 is 51.2 Å². The molecule has 0 radical (unpaired) electrons. The molecule has 0 aliphatic carbocycles. The fourth-order valence-electron chi connectivity index (χ4n) is 7.44. The molecule has 9 aromatic carbocycles. The minimum atomic E-state index is 1.09. The predicted molar refractivity (Wildman–Crippen MR) is 241 cm³/mol. The zero-order valence-corrected chi connectivity index (χ0v) is 31.5. The van der Waals surface area contributed by atoms with Gasteiger partial charge < -0.3 is 14.7 Å². The number of para-hydroxylation sites is 5. The lowest BCUT2D eigenvalue weighted by atomic mass is 9.99. The summed E-state index contributed by atoms with van der Waals surface area (Å²) < 4.78 is 0. The molecule has 0 bridgehead atoms. The second-order valence-electron chi connectivity index (χ2n) is 13.9. The standard InChI is InChI=1S/C54H41N3/c1-6-16-46(17-7-1)55(47-18-8-2-9-19-47)51-34-30-44(31-35-51)42-26-28-43(29-27-42)45-32-36-52(37-33-45)57(50-24-14-5-15-25-50)54-40-38-53(39-41-54)56(48-20-10-3-11-21-48)49-22-12-4-13-23-49/h1-41H. The molecule has 0 saturated heterocycles. The fraction of sp³-hybridized carbons (Fsp3) is 0. The van der Waals surface area contributed by atoms with Crippen molar-refractivity contribution < 1.29 is 0 Å². The Labute approximate surface area is 335 Å². The van der Waals surface area contributed by atoms with Gasteiger partial charge in [0.15, 0.2) is 0 Å². The third-order valence-electron chi connectivity index (χ3n) is 10.2. The second-order valence-corrected chi connectivity index (χ2v) is 13.9. The lowest BCUT2D eigenvalue weighted by Gasteiger charge is -2.28. The van der Waals surface area contributed by atoms with Crippen LogP contribution in [-0.4, -0.2) is 0 Å². The van der Waals surface area contributed by atoms with Crippen molar-refractivity contribution in [2.75, 3.05) is 14.7 Å². The molecule has 0 aromatic heterocycles. The van der Waals surface area contributed by atoms with E-state index in [1.54, 1.807) is 0 Å². The topological polar surface area (TPSA) is 9.72 Å². The van der Waals surface area contributed by atoms with Crippen molar-refractivity contribution in [3.63, 3.8) is 0 Å². The molecule has 9 aromatic rings. The van der Waals surface area contributed by atoms with Crippen LogP contribution >= 0.6 is 0 Å². The Morgan fingerprint density at radius 3 is 0.474 bits per heavy atom. The average Bonchev–Trinajstić information content (AvgIpc) is 3.30. The molecule has 0 N–H and O–H groups in total. The maximum atomic E-state index is 2.31. The highest BCUT2D eigenvalue weighted by atomic mass is 15.2. The molecule has 0 amide bonds. The number of rotatable bonds is 11. The normalized spacial score (nSPS) is 10.8. The van der Waals surface area contributed by atoms with Gasteiger partial charge in [-0.15, -0.1) is 0 Å². The van der Waals surface area contributed by atoms with Crippen LogP contribution in [-0.2, 0) is 0 Å². The lowest BCUT2D eigenvalue weighted by molar-refractivity contribution is 1.26. The molecule has 3 heteroatoms. The van der Waals surface area contributed by atoms with E-state index >= 15 is 0 Å². The molecule has 57 heavy (non-hydrogen) atoms. The van der Waals surface area contributed by atoms with Gasteiger partial charge in [0, 0.05) is 51.2 Å². The molecule has 0 fully saturated rings. The highest BCUT2D eigenvalue weighted by Crippen LogP contribution is 2.40. The van der Waals surface area contributed by atoms with Gasteiger partial charge in [0.25, 0.3) is 0 Å². The van der Waals surface area contributed by atoms with E-state index in [1.807, 2.05) is 0 Å². The summed E-state index contributed by atoms with van der Waals surface area (Å²) in [5.74, 6) is 0. The summed E-state index contributed by atoms with van der Waals surface area (Å²) >= 11 is 0. The van der Waals surface area contributed by atoms with Crippen LogP contribution in [0.15, 0.2) is 249 Å². The van der Waals surface area contributed by atoms with E-state index in [4.69, 9.17) is 0 Å². The average molecular weight is 732 g/mol. The van der Waals surface area contributed by atoms with Crippen molar-refractivity contribution in [3.8, 4) is 22.3 Å². The van der Waals surface area contributed by atoms with Crippen LogP contribution in [0.1, 0.15) is 0 Å². The molecule has 0 heterocycles. The molecular weight excluding hydrogens is 691 g/mol. The van der Waals surface area contributed by atoms with Crippen LogP contribution in [0.4, 0.5) is 51.2 Å². The maximum Gasteiger partial charge on any atom is 0.0463 e. The molecule has 0 unspecified atom stereocenters. The van der Waals surface area contributed by atoms with E-state index in [0.717, 1.165) is 51.2 Å². The van der Waals surface area contributed by atoms with Crippen LogP contribution in [0.2, 0.25) is 0 Å². The van der Waals surface area contributed by atoms with Crippen LogP contribution < -0.4 is 14.7 Å². The van der Waals surface area contributed by atoms with E-state index in [2.05, 4.69) is 263 Å². The summed E-state index contributed by atoms with van der Waals surface area (Å²) in [7, 11) is 0. The highest BCUT2D eigenvalue weighted by molar-refractivity contribution is 5.83. The van der Waals surface area contributed by atoms with E-state index in [0.29, 0.717) is 0 Å². The Morgan fingerprint density at radius 1 is 0.140 bits per heavy atom. The molecule has 272 valence electrons. The van der Waals surface area contributed by atoms with Gasteiger partial charge in [-0.25, -0.2) is 0 Å². The van der Waals surface area contributed by atoms with Gasteiger partial charge in [-0.1, -0.05) is 140 Å². The van der Waals surface area contributed by atoms with E-state index in [1.165, 1.54) is 22.3 Å². The molecule has 0 aliphatic rings. The van der Waals surface area contributed by atoms with Crippen LogP contribution in [0.25, 0.3) is 22.3 Å². The van der Waals surface area contributed by atoms with Crippen molar-refractivity contribution in [1.29, 1.82) is 0 Å². The Balaban J connectivity index is 0.963. The first-order valence-corrected chi connectivity index (χ1v) is 19.4. The van der Waals surface area contributed by atoms with E-state index in [9.17, 15) is 0 Å². The molecule has 9 rings (SSSR count). The Kier molecular flexibility index (Phi) is 10.1. The minimum absolute atomic E-state index is 1.09. The first-order chi connectivity index (χ1) is 28.3. The molecule has 0 spiro atoms. The number of benzene rings is 9. The van der Waals surface area contributed by atoms with Crippen molar-refractivity contribution in [3.05, 3.63) is 249 Å². The quantitative estimate of drug-likeness (QED) is 0.131. The number of hydrogen-bond acceptors (Lipinski definition) is 3. The summed E-state index contributed by atoms with van der Waals surface area (Å²) in [6, 6.07) is 88.1. The predicted octanol–water partition coefficient (Wildman–Crippen LogP) is 15.4. The molecular formula is C54H41N3. The van der Waals surface area contributed by atoms with Gasteiger partial charge in [-0.2, -0.15) is 0 Å². The number of nitrogens with zero attached hydrogens (tertiary/aromatic N) is 3. The first-order valence-electron chi connectivity index (χ1n) is 19.4. The Morgan fingerprint density at radius 2 is 0.281 bits per heavy atom. The summed E-state index contributed by atoms with van der Waals surface area (Å²) in [6.07, 6.45) is 0. The van der Waals surface area contributed by atoms with Gasteiger partial charge in [0.2, 0.25) is 0 Å². The van der Waals surface area contributed by atoms with Gasteiger partial charge in [0.1, 0.15) is 0 Å². The molecule has 0 atom stereocenters. The third-order valence-corrected chi connectivity index (χ3v) is 10.2. The maximum absolute atomic E-state index is 2.31. The SMILES string of the molecule is c1ccc(N(c2ccccc2)c2ccc(-c3ccc(-c4ccc(N(c5ccccc5)c5ccc(N(c6ccccc6)c6ccccc6)cc5)cc4)cc3)cc2)cc1. The summed E-state index contributed by atoms with van der Waals surface area (Å²) in [4.78, 5) is 6.89. The third kappa shape index (κ3) is 7.68. The Bertz CT molecular complexity index is 2530. The van der Waals surface area contributed by atoms with E-state index in [-0.39, 0.29) is 0 Å². The van der Waals surface area contributed by atoms with Crippen molar-refractivity contribution in [2.24, 2.45) is 0 Å². The van der Waals surface area contributed by atoms with Crippen molar-refractivity contribution in [1.82, 2.24) is 0 Å². The Hall–Kier alpha value is -7.62. The second kappa shape index (κ2) is 16.4. The fourth-order valence-corrected chi connectivity index (χ4v) is 7.44. The minimum Gasteiger partial charge on any atom is -0.311 e. The smallest absolute Gasteiger partial charge is 0.0463 e. The summed E-state index contributed by atoms with van der Waals surface area (Å²) in [5.41, 5.74) is 14.7. The molecule has 0 saturated carbocycles. The van der Waals surface area contributed by atoms with Crippen LogP contribution in [0.5, 0.6) is 0 Å². The first kappa shape index (κ1) is 35.1. The van der Waals surface area contributed by atoms with Gasteiger partial charge in [0.05, 0.1) is 0 Å². The van der Waals surface area contributed by atoms with Crippen LogP contribution in [0, 0.1) is 0 Å². The van der Waals surface area contributed by atoms with Crippen LogP contribution in [0.3, 0.4) is 0 Å². The monoisotopic (exact) mass is 731 g/mol. The zero-order valence-electron chi connectivity index (χ0n) is 31.5. The molecule has 3 nitrogen and oxygen atoms in total. The number of anilines is 9. The lowest BCUT2D eigenvalue weighted by Crippen LogP contribution is -2.12. The zero-order chi connectivity index (χ0) is 38.2. The van der Waals surface area contributed by atoms with E-state index < -0.39 is 0 Å². The summed E-state index contributed by atoms with van der Waals surface area (Å²) in [6.45, 7) is 0. The van der Waals surface area contributed by atoms with Gasteiger partial charge in [-0.05, 0) is 131 Å².